The van der Waals surface area contributed by atoms with Crippen LogP contribution in [0.5, 0.6) is 0 Å². The Bertz CT molecular complexity index is 410. The number of aryl methyl sites for hydroxylation is 1. The van der Waals surface area contributed by atoms with Crippen molar-refractivity contribution in [1.29, 1.82) is 0 Å². The van der Waals surface area contributed by atoms with Gasteiger partial charge in [0, 0.05) is 6.42 Å². The van der Waals surface area contributed by atoms with Gasteiger partial charge >= 0.3 is 0 Å². The molecule has 88 valence electrons. The van der Waals surface area contributed by atoms with E-state index in [2.05, 4.69) is 5.32 Å². The van der Waals surface area contributed by atoms with Gasteiger partial charge in [0.1, 0.15) is 5.76 Å². The molecule has 3 N–H and O–H groups in total. The third kappa shape index (κ3) is 2.61. The summed E-state index contributed by atoms with van der Waals surface area (Å²) in [4.78, 5) is 12.2. The third-order valence-corrected chi connectivity index (χ3v) is 2.86. The minimum absolute atomic E-state index is 0.219. The molecule has 5 heteroatoms. The Morgan fingerprint density at radius 2 is 2.25 bits per heavy atom. The van der Waals surface area contributed by atoms with Crippen molar-refractivity contribution in [3.8, 4) is 0 Å². The second kappa shape index (κ2) is 4.65. The fraction of sp³-hybridized carbons (Fsp3) is 0.455. The Labute approximate surface area is 100 Å². The molecule has 1 heterocycles. The van der Waals surface area contributed by atoms with Gasteiger partial charge in [-0.2, -0.15) is 0 Å². The number of thiocarbonyl (C=S) groups is 1. The highest BCUT2D eigenvalue weighted by atomic mass is 32.1. The number of carbonyl (C=O) groups is 1. The van der Waals surface area contributed by atoms with E-state index < -0.39 is 5.54 Å². The van der Waals surface area contributed by atoms with Crippen LogP contribution in [0.1, 0.15) is 36.9 Å². The van der Waals surface area contributed by atoms with Crippen molar-refractivity contribution in [3.05, 3.63) is 23.7 Å². The van der Waals surface area contributed by atoms with Gasteiger partial charge in [-0.3, -0.25) is 4.79 Å². The maximum Gasteiger partial charge on any atom is 0.255 e. The molecular formula is C11H16N2O2S. The van der Waals surface area contributed by atoms with Gasteiger partial charge < -0.3 is 15.5 Å². The van der Waals surface area contributed by atoms with Gasteiger partial charge in [-0.05, 0) is 19.9 Å². The molecule has 0 aliphatic carbocycles. The van der Waals surface area contributed by atoms with Crippen molar-refractivity contribution in [2.75, 3.05) is 0 Å². The second-order valence-corrected chi connectivity index (χ2v) is 4.49. The largest absolute Gasteiger partial charge is 0.469 e. The Morgan fingerprint density at radius 3 is 2.75 bits per heavy atom. The summed E-state index contributed by atoms with van der Waals surface area (Å²) >= 11 is 4.88. The highest BCUT2D eigenvalue weighted by molar-refractivity contribution is 7.80. The molecule has 16 heavy (non-hydrogen) atoms. The Balaban J connectivity index is 2.85. The zero-order valence-corrected chi connectivity index (χ0v) is 10.5. The lowest BCUT2D eigenvalue weighted by Gasteiger charge is -2.24. The zero-order valence-electron chi connectivity index (χ0n) is 9.66. The van der Waals surface area contributed by atoms with E-state index >= 15 is 0 Å². The van der Waals surface area contributed by atoms with Crippen molar-refractivity contribution in [3.63, 3.8) is 0 Å². The molecule has 1 aromatic heterocycles. The number of rotatable bonds is 4. The molecule has 0 aliphatic rings. The van der Waals surface area contributed by atoms with Crippen LogP contribution < -0.4 is 11.1 Å². The van der Waals surface area contributed by atoms with E-state index in [9.17, 15) is 4.79 Å². The molecule has 0 aliphatic heterocycles. The molecule has 1 rings (SSSR count). The quantitative estimate of drug-likeness (QED) is 0.785. The fourth-order valence-corrected chi connectivity index (χ4v) is 1.28. The SMILES string of the molecule is CCc1occc1C(=O)NC(C)(C)C(N)=S. The predicted molar refractivity (Wildman–Crippen MR) is 66.4 cm³/mol. The first-order valence-electron chi connectivity index (χ1n) is 5.07. The van der Waals surface area contributed by atoms with Gasteiger partial charge in [0.2, 0.25) is 0 Å². The summed E-state index contributed by atoms with van der Waals surface area (Å²) in [7, 11) is 0. The molecule has 4 nitrogen and oxygen atoms in total. The van der Waals surface area contributed by atoms with E-state index in [-0.39, 0.29) is 10.9 Å². The maximum absolute atomic E-state index is 11.9. The van der Waals surface area contributed by atoms with E-state index in [0.717, 1.165) is 0 Å². The average molecular weight is 240 g/mol. The number of hydrogen-bond acceptors (Lipinski definition) is 3. The van der Waals surface area contributed by atoms with E-state index in [1.54, 1.807) is 19.9 Å². The van der Waals surface area contributed by atoms with Crippen LogP contribution in [0.25, 0.3) is 0 Å². The molecule has 0 radical (unpaired) electrons. The molecule has 0 unspecified atom stereocenters. The molecule has 1 aromatic rings. The van der Waals surface area contributed by atoms with E-state index in [1.807, 2.05) is 6.92 Å². The smallest absolute Gasteiger partial charge is 0.255 e. The van der Waals surface area contributed by atoms with Gasteiger partial charge in [-0.25, -0.2) is 0 Å². The lowest BCUT2D eigenvalue weighted by molar-refractivity contribution is 0.0930. The Kier molecular flexibility index (Phi) is 3.70. The van der Waals surface area contributed by atoms with Crippen molar-refractivity contribution < 1.29 is 9.21 Å². The van der Waals surface area contributed by atoms with E-state index in [0.29, 0.717) is 17.7 Å². The normalized spacial score (nSPS) is 11.2. The van der Waals surface area contributed by atoms with Gasteiger partial charge in [0.15, 0.2) is 0 Å². The molecular weight excluding hydrogens is 224 g/mol. The number of furan rings is 1. The van der Waals surface area contributed by atoms with Crippen molar-refractivity contribution in [2.24, 2.45) is 5.73 Å². The van der Waals surface area contributed by atoms with E-state index in [1.165, 1.54) is 6.26 Å². The van der Waals surface area contributed by atoms with Crippen LogP contribution in [0, 0.1) is 0 Å². The molecule has 0 atom stereocenters. The Morgan fingerprint density at radius 1 is 1.62 bits per heavy atom. The van der Waals surface area contributed by atoms with Crippen LogP contribution in [0.2, 0.25) is 0 Å². The molecule has 0 aromatic carbocycles. The summed E-state index contributed by atoms with van der Waals surface area (Å²) in [6, 6.07) is 1.64. The highest BCUT2D eigenvalue weighted by Crippen LogP contribution is 2.13. The lowest BCUT2D eigenvalue weighted by atomic mass is 10.0. The summed E-state index contributed by atoms with van der Waals surface area (Å²) < 4.78 is 5.18. The van der Waals surface area contributed by atoms with E-state index in [4.69, 9.17) is 22.4 Å². The average Bonchev–Trinajstić information content (AvgIpc) is 2.64. The maximum atomic E-state index is 11.9. The summed E-state index contributed by atoms with van der Waals surface area (Å²) in [5.41, 5.74) is 5.37. The van der Waals surface area contributed by atoms with Crippen LogP contribution in [-0.2, 0) is 6.42 Å². The highest BCUT2D eigenvalue weighted by Gasteiger charge is 2.25. The minimum atomic E-state index is -0.700. The van der Waals surface area contributed by atoms with Gasteiger partial charge in [0.25, 0.3) is 5.91 Å². The second-order valence-electron chi connectivity index (χ2n) is 4.05. The fourth-order valence-electron chi connectivity index (χ4n) is 1.23. The first-order valence-corrected chi connectivity index (χ1v) is 5.48. The minimum Gasteiger partial charge on any atom is -0.469 e. The zero-order chi connectivity index (χ0) is 12.3. The van der Waals surface area contributed by atoms with Crippen LogP contribution in [0.15, 0.2) is 16.7 Å². The molecule has 1 amide bonds. The Hall–Kier alpha value is -1.36. The van der Waals surface area contributed by atoms with Crippen LogP contribution in [0.4, 0.5) is 0 Å². The predicted octanol–water partition coefficient (Wildman–Crippen LogP) is 1.64. The molecule has 0 spiro atoms. The first-order chi connectivity index (χ1) is 7.38. The third-order valence-electron chi connectivity index (χ3n) is 2.35. The first kappa shape index (κ1) is 12.7. The lowest BCUT2D eigenvalue weighted by Crippen LogP contribution is -2.52. The van der Waals surface area contributed by atoms with Crippen molar-refractivity contribution >= 4 is 23.1 Å². The molecule has 0 saturated carbocycles. The monoisotopic (exact) mass is 240 g/mol. The molecule has 0 saturated heterocycles. The van der Waals surface area contributed by atoms with Crippen molar-refractivity contribution in [1.82, 2.24) is 5.32 Å². The van der Waals surface area contributed by atoms with Gasteiger partial charge in [-0.15, -0.1) is 0 Å². The number of amides is 1. The van der Waals surface area contributed by atoms with Gasteiger partial charge in [0.05, 0.1) is 22.4 Å². The summed E-state index contributed by atoms with van der Waals surface area (Å²) in [5, 5.41) is 2.77. The van der Waals surface area contributed by atoms with Crippen LogP contribution in [-0.4, -0.2) is 16.4 Å². The van der Waals surface area contributed by atoms with Crippen LogP contribution in [0.3, 0.4) is 0 Å². The molecule has 0 fully saturated rings. The summed E-state index contributed by atoms with van der Waals surface area (Å²) in [6.45, 7) is 5.45. The number of hydrogen-bond donors (Lipinski definition) is 2. The topological polar surface area (TPSA) is 68.3 Å². The number of carbonyl (C=O) groups excluding carboxylic acids is 1. The summed E-state index contributed by atoms with van der Waals surface area (Å²) in [5.74, 6) is 0.444. The number of nitrogens with two attached hydrogens (primary N) is 1. The number of nitrogens with one attached hydrogen (secondary N) is 1. The van der Waals surface area contributed by atoms with Crippen LogP contribution >= 0.6 is 12.2 Å². The van der Waals surface area contributed by atoms with Crippen molar-refractivity contribution in [2.45, 2.75) is 32.7 Å². The standard InChI is InChI=1S/C11H16N2O2S/c1-4-8-7(5-6-15-8)9(14)13-11(2,3)10(12)16/h5-6H,4H2,1-3H3,(H2,12,16)(H,13,14). The van der Waals surface area contributed by atoms with Gasteiger partial charge in [-0.1, -0.05) is 19.1 Å². The summed E-state index contributed by atoms with van der Waals surface area (Å²) in [6.07, 6.45) is 2.17. The molecule has 0 bridgehead atoms.